The molecule has 1 aliphatic carbocycles. The first-order valence-corrected chi connectivity index (χ1v) is 5.28. The Labute approximate surface area is 88.5 Å². The van der Waals surface area contributed by atoms with Crippen molar-refractivity contribution in [3.8, 4) is 0 Å². The summed E-state index contributed by atoms with van der Waals surface area (Å²) < 4.78 is 13.2. The van der Waals surface area contributed by atoms with Crippen molar-refractivity contribution in [1.82, 2.24) is 5.32 Å². The van der Waals surface area contributed by atoms with E-state index in [0.717, 1.165) is 12.8 Å². The summed E-state index contributed by atoms with van der Waals surface area (Å²) >= 11 is 0. The van der Waals surface area contributed by atoms with Gasteiger partial charge in [0.1, 0.15) is 5.82 Å². The maximum Gasteiger partial charge on any atom is 0.223 e. The Bertz CT molecular complexity index is 360. The second-order valence-corrected chi connectivity index (χ2v) is 3.91. The number of halogens is 1. The largest absolute Gasteiger partial charge is 0.356 e. The normalized spacial score (nSPS) is 15.0. The summed E-state index contributed by atoms with van der Waals surface area (Å²) in [6, 6.07) is 6.67. The minimum absolute atomic E-state index is 0.117. The Hall–Kier alpha value is -1.38. The third-order valence-electron chi connectivity index (χ3n) is 2.60. The van der Waals surface area contributed by atoms with Crippen LogP contribution < -0.4 is 5.32 Å². The first kappa shape index (κ1) is 10.1. The molecule has 1 aromatic carbocycles. The standard InChI is InChI=1S/C12H14FNO/c13-11-4-2-1-3-9(11)7-8-14-12(15)10-5-6-10/h1-4,10H,5-8H2,(H,14,15). The second kappa shape index (κ2) is 4.43. The van der Waals surface area contributed by atoms with Gasteiger partial charge >= 0.3 is 0 Å². The van der Waals surface area contributed by atoms with Crippen LogP contribution in [-0.2, 0) is 11.2 Å². The lowest BCUT2D eigenvalue weighted by Gasteiger charge is -2.04. The van der Waals surface area contributed by atoms with Crippen LogP contribution in [0.15, 0.2) is 24.3 Å². The van der Waals surface area contributed by atoms with Gasteiger partial charge < -0.3 is 5.32 Å². The molecule has 0 heterocycles. The van der Waals surface area contributed by atoms with Crippen LogP contribution in [0.5, 0.6) is 0 Å². The van der Waals surface area contributed by atoms with E-state index < -0.39 is 0 Å². The van der Waals surface area contributed by atoms with Crippen molar-refractivity contribution < 1.29 is 9.18 Å². The smallest absolute Gasteiger partial charge is 0.223 e. The Morgan fingerprint density at radius 1 is 1.40 bits per heavy atom. The van der Waals surface area contributed by atoms with Crippen molar-refractivity contribution in [1.29, 1.82) is 0 Å². The molecule has 2 rings (SSSR count). The van der Waals surface area contributed by atoms with Gasteiger partial charge in [-0.1, -0.05) is 18.2 Å². The number of benzene rings is 1. The van der Waals surface area contributed by atoms with Gasteiger partial charge in [-0.25, -0.2) is 4.39 Å². The lowest BCUT2D eigenvalue weighted by Crippen LogP contribution is -2.27. The molecule has 1 amide bonds. The van der Waals surface area contributed by atoms with Gasteiger partial charge in [-0.05, 0) is 30.9 Å². The number of carbonyl (C=O) groups excluding carboxylic acids is 1. The van der Waals surface area contributed by atoms with E-state index in [9.17, 15) is 9.18 Å². The second-order valence-electron chi connectivity index (χ2n) is 3.91. The fourth-order valence-electron chi connectivity index (χ4n) is 1.51. The summed E-state index contributed by atoms with van der Waals surface area (Å²) in [6.07, 6.45) is 2.57. The topological polar surface area (TPSA) is 29.1 Å². The Morgan fingerprint density at radius 3 is 2.80 bits per heavy atom. The first-order valence-electron chi connectivity index (χ1n) is 5.28. The van der Waals surface area contributed by atoms with Crippen LogP contribution in [0.2, 0.25) is 0 Å². The van der Waals surface area contributed by atoms with Crippen molar-refractivity contribution in [2.24, 2.45) is 5.92 Å². The highest BCUT2D eigenvalue weighted by Crippen LogP contribution is 2.28. The van der Waals surface area contributed by atoms with E-state index in [1.807, 2.05) is 0 Å². The summed E-state index contributed by atoms with van der Waals surface area (Å²) in [5.41, 5.74) is 0.661. The molecule has 1 fully saturated rings. The summed E-state index contributed by atoms with van der Waals surface area (Å²) in [6.45, 7) is 0.524. The Balaban J connectivity index is 1.78. The SMILES string of the molecule is O=C(NCCc1ccccc1F)C1CC1. The molecule has 0 unspecified atom stereocenters. The molecular weight excluding hydrogens is 193 g/mol. The molecule has 80 valence electrons. The fraction of sp³-hybridized carbons (Fsp3) is 0.417. The molecule has 1 saturated carbocycles. The average Bonchev–Trinajstić information content (AvgIpc) is 3.04. The summed E-state index contributed by atoms with van der Waals surface area (Å²) in [4.78, 5) is 11.3. The van der Waals surface area contributed by atoms with Gasteiger partial charge in [0.2, 0.25) is 5.91 Å². The van der Waals surface area contributed by atoms with Crippen LogP contribution in [0, 0.1) is 11.7 Å². The van der Waals surface area contributed by atoms with Gasteiger partial charge in [-0.3, -0.25) is 4.79 Å². The monoisotopic (exact) mass is 207 g/mol. The third kappa shape index (κ3) is 2.78. The van der Waals surface area contributed by atoms with Gasteiger partial charge in [0.05, 0.1) is 0 Å². The molecule has 0 bridgehead atoms. The average molecular weight is 207 g/mol. The molecule has 0 atom stereocenters. The van der Waals surface area contributed by atoms with E-state index in [1.165, 1.54) is 6.07 Å². The zero-order chi connectivity index (χ0) is 10.7. The van der Waals surface area contributed by atoms with Gasteiger partial charge in [0.15, 0.2) is 0 Å². The molecule has 15 heavy (non-hydrogen) atoms. The molecule has 0 aliphatic heterocycles. The number of carbonyl (C=O) groups is 1. The summed E-state index contributed by atoms with van der Waals surface area (Å²) in [5, 5.41) is 2.81. The highest BCUT2D eigenvalue weighted by Gasteiger charge is 2.28. The highest BCUT2D eigenvalue weighted by atomic mass is 19.1. The van der Waals surface area contributed by atoms with Crippen molar-refractivity contribution in [2.45, 2.75) is 19.3 Å². The fourth-order valence-corrected chi connectivity index (χ4v) is 1.51. The third-order valence-corrected chi connectivity index (χ3v) is 2.60. The molecule has 0 radical (unpaired) electrons. The first-order chi connectivity index (χ1) is 7.27. The molecule has 3 heteroatoms. The van der Waals surface area contributed by atoms with E-state index in [1.54, 1.807) is 18.2 Å². The van der Waals surface area contributed by atoms with Crippen LogP contribution in [0.1, 0.15) is 18.4 Å². The highest BCUT2D eigenvalue weighted by molar-refractivity contribution is 5.80. The molecule has 1 N–H and O–H groups in total. The van der Waals surface area contributed by atoms with E-state index in [4.69, 9.17) is 0 Å². The quantitative estimate of drug-likeness (QED) is 0.802. The Morgan fingerprint density at radius 2 is 2.13 bits per heavy atom. The van der Waals surface area contributed by atoms with E-state index in [2.05, 4.69) is 5.32 Å². The van der Waals surface area contributed by atoms with Crippen LogP contribution in [0.4, 0.5) is 4.39 Å². The molecule has 2 nitrogen and oxygen atoms in total. The molecule has 0 spiro atoms. The molecule has 0 saturated heterocycles. The number of hydrogen-bond donors (Lipinski definition) is 1. The predicted octanol–water partition coefficient (Wildman–Crippen LogP) is 1.89. The molecule has 0 aromatic heterocycles. The van der Waals surface area contributed by atoms with E-state index in [0.29, 0.717) is 18.5 Å². The lowest BCUT2D eigenvalue weighted by molar-refractivity contribution is -0.122. The van der Waals surface area contributed by atoms with Crippen LogP contribution in [0.25, 0.3) is 0 Å². The lowest BCUT2D eigenvalue weighted by atomic mass is 10.1. The van der Waals surface area contributed by atoms with E-state index in [-0.39, 0.29) is 17.6 Å². The minimum Gasteiger partial charge on any atom is -0.356 e. The summed E-state index contributed by atoms with van der Waals surface area (Å²) in [7, 11) is 0. The van der Waals surface area contributed by atoms with Gasteiger partial charge in [-0.15, -0.1) is 0 Å². The van der Waals surface area contributed by atoms with Crippen LogP contribution >= 0.6 is 0 Å². The Kier molecular flexibility index (Phi) is 2.99. The van der Waals surface area contributed by atoms with E-state index >= 15 is 0 Å². The van der Waals surface area contributed by atoms with Crippen molar-refractivity contribution in [3.63, 3.8) is 0 Å². The van der Waals surface area contributed by atoms with Crippen molar-refractivity contribution in [2.75, 3.05) is 6.54 Å². The van der Waals surface area contributed by atoms with Crippen LogP contribution in [-0.4, -0.2) is 12.5 Å². The van der Waals surface area contributed by atoms with Crippen molar-refractivity contribution in [3.05, 3.63) is 35.6 Å². The predicted molar refractivity (Wildman–Crippen MR) is 55.8 cm³/mol. The number of hydrogen-bond acceptors (Lipinski definition) is 1. The molecule has 1 aliphatic rings. The zero-order valence-corrected chi connectivity index (χ0v) is 8.50. The number of rotatable bonds is 4. The number of amides is 1. The minimum atomic E-state index is -0.196. The number of nitrogens with one attached hydrogen (secondary N) is 1. The van der Waals surface area contributed by atoms with Crippen molar-refractivity contribution >= 4 is 5.91 Å². The molecular formula is C12H14FNO. The zero-order valence-electron chi connectivity index (χ0n) is 8.50. The maximum absolute atomic E-state index is 13.2. The molecule has 1 aromatic rings. The van der Waals surface area contributed by atoms with Gasteiger partial charge in [-0.2, -0.15) is 0 Å². The maximum atomic E-state index is 13.2. The summed E-state index contributed by atoms with van der Waals surface area (Å²) in [5.74, 6) is 0.148. The van der Waals surface area contributed by atoms with Gasteiger partial charge in [0.25, 0.3) is 0 Å². The van der Waals surface area contributed by atoms with Gasteiger partial charge in [0, 0.05) is 12.5 Å². The van der Waals surface area contributed by atoms with Crippen LogP contribution in [0.3, 0.4) is 0 Å².